The summed E-state index contributed by atoms with van der Waals surface area (Å²) in [4.78, 5) is 22.6. The molecule has 2 aromatic rings. The molecular weight excluding hydrogens is 452 g/mol. The fourth-order valence-corrected chi connectivity index (χ4v) is 5.62. The molecule has 1 amide bonds. The van der Waals surface area contributed by atoms with Crippen LogP contribution in [0.4, 0.5) is 0 Å². The molecule has 1 fully saturated rings. The largest absolute Gasteiger partial charge is 0.497 e. The first-order valence-corrected chi connectivity index (χ1v) is 13.1. The molecule has 2 aliphatic rings. The van der Waals surface area contributed by atoms with Crippen molar-refractivity contribution in [2.45, 2.75) is 37.8 Å². The Morgan fingerprint density at radius 3 is 2.50 bits per heavy atom. The van der Waals surface area contributed by atoms with Gasteiger partial charge in [-0.3, -0.25) is 19.4 Å². The van der Waals surface area contributed by atoms with Gasteiger partial charge >= 0.3 is 0 Å². The van der Waals surface area contributed by atoms with Crippen molar-refractivity contribution in [3.05, 3.63) is 59.7 Å². The van der Waals surface area contributed by atoms with Gasteiger partial charge in [0.2, 0.25) is 5.91 Å². The highest BCUT2D eigenvalue weighted by Gasteiger charge is 2.34. The number of fused-ring (bicyclic) bond motifs is 1. The summed E-state index contributed by atoms with van der Waals surface area (Å²) in [7, 11) is -1.99. The fraction of sp³-hybridized carbons (Fsp3) is 0.440. The number of nitrogens with one attached hydrogen (secondary N) is 1. The molecule has 2 heterocycles. The van der Waals surface area contributed by atoms with E-state index in [1.54, 1.807) is 31.4 Å². The smallest absolute Gasteiger partial charge is 0.263 e. The maximum atomic E-state index is 13.5. The van der Waals surface area contributed by atoms with Gasteiger partial charge in [-0.2, -0.15) is 0 Å². The van der Waals surface area contributed by atoms with E-state index in [1.807, 2.05) is 30.9 Å². The summed E-state index contributed by atoms with van der Waals surface area (Å²) >= 11 is 0. The van der Waals surface area contributed by atoms with Crippen molar-refractivity contribution in [2.24, 2.45) is 10.9 Å². The highest BCUT2D eigenvalue weighted by molar-refractivity contribution is 7.90. The zero-order chi connectivity index (χ0) is 24.3. The van der Waals surface area contributed by atoms with E-state index in [9.17, 15) is 13.2 Å². The Labute approximate surface area is 201 Å². The van der Waals surface area contributed by atoms with Gasteiger partial charge in [0, 0.05) is 38.3 Å². The number of benzene rings is 2. The Balaban J connectivity index is 1.46. The Morgan fingerprint density at radius 2 is 1.79 bits per heavy atom. The van der Waals surface area contributed by atoms with Crippen molar-refractivity contribution in [3.63, 3.8) is 0 Å². The first kappa shape index (κ1) is 24.2. The van der Waals surface area contributed by atoms with Crippen molar-refractivity contribution in [2.75, 3.05) is 33.3 Å². The van der Waals surface area contributed by atoms with Crippen LogP contribution in [0.25, 0.3) is 0 Å². The molecule has 182 valence electrons. The number of carbonyl (C=O) groups is 1. The molecule has 0 radical (unpaired) electrons. The highest BCUT2D eigenvalue weighted by Crippen LogP contribution is 2.24. The summed E-state index contributed by atoms with van der Waals surface area (Å²) in [5, 5.41) is 0. The number of hydrogen-bond donors (Lipinski definition) is 1. The van der Waals surface area contributed by atoms with Crippen LogP contribution in [-0.2, 0) is 21.4 Å². The van der Waals surface area contributed by atoms with E-state index in [0.717, 1.165) is 31.8 Å². The molecular formula is C25H32N4O4S. The van der Waals surface area contributed by atoms with Crippen LogP contribution in [-0.4, -0.2) is 69.3 Å². The fourth-order valence-electron chi connectivity index (χ4n) is 4.38. The molecule has 0 spiro atoms. The maximum Gasteiger partial charge on any atom is 0.263 e. The number of ether oxygens (including phenoxy) is 1. The number of rotatable bonds is 6. The second kappa shape index (κ2) is 10.1. The zero-order valence-corrected chi connectivity index (χ0v) is 20.7. The molecule has 2 aromatic carbocycles. The standard InChI is InChI=1S/C25H32N4O4S/c1-18(2)23(26-24-21-7-4-5-8-22(21)34(31,32)27-24)25(30)29-14-6-13-28(15-16-29)17-19-9-11-20(33-3)12-10-19/h4-5,7-12,18,23H,6,13-17H2,1-3H3,(H,26,27)/t23-/m0/s1. The van der Waals surface area contributed by atoms with Crippen LogP contribution in [0, 0.1) is 5.92 Å². The summed E-state index contributed by atoms with van der Waals surface area (Å²) < 4.78 is 32.7. The minimum Gasteiger partial charge on any atom is -0.497 e. The van der Waals surface area contributed by atoms with Crippen molar-refractivity contribution in [1.82, 2.24) is 14.5 Å². The summed E-state index contributed by atoms with van der Waals surface area (Å²) in [6.07, 6.45) is 0.874. The van der Waals surface area contributed by atoms with Gasteiger partial charge in [0.15, 0.2) is 0 Å². The number of sulfonamides is 1. The van der Waals surface area contributed by atoms with Gasteiger partial charge in [-0.15, -0.1) is 0 Å². The van der Waals surface area contributed by atoms with Crippen LogP contribution < -0.4 is 9.46 Å². The third-order valence-electron chi connectivity index (χ3n) is 6.28. The first-order chi connectivity index (χ1) is 16.3. The van der Waals surface area contributed by atoms with Gasteiger partial charge in [0.25, 0.3) is 10.0 Å². The molecule has 1 atom stereocenters. The highest BCUT2D eigenvalue weighted by atomic mass is 32.2. The van der Waals surface area contributed by atoms with Crippen LogP contribution in [0.5, 0.6) is 5.75 Å². The van der Waals surface area contributed by atoms with Crippen LogP contribution in [0.3, 0.4) is 0 Å². The molecule has 9 heteroatoms. The van der Waals surface area contributed by atoms with Crippen molar-refractivity contribution < 1.29 is 17.9 Å². The van der Waals surface area contributed by atoms with E-state index in [-0.39, 0.29) is 22.6 Å². The number of nitrogens with zero attached hydrogens (tertiary/aromatic N) is 3. The van der Waals surface area contributed by atoms with Crippen molar-refractivity contribution >= 4 is 21.8 Å². The average molecular weight is 485 g/mol. The SMILES string of the molecule is COc1ccc(CN2CCCN(C(=O)[C@@H](N=C3NS(=O)(=O)c4ccccc43)C(C)C)CC2)cc1. The molecule has 0 aliphatic carbocycles. The number of carbonyl (C=O) groups excluding carboxylic acids is 1. The van der Waals surface area contributed by atoms with Gasteiger partial charge in [-0.05, 0) is 42.2 Å². The number of amidine groups is 1. The number of methoxy groups -OCH3 is 1. The quantitative estimate of drug-likeness (QED) is 0.680. The van der Waals surface area contributed by atoms with Crippen molar-refractivity contribution in [3.8, 4) is 5.75 Å². The Kier molecular flexibility index (Phi) is 7.23. The van der Waals surface area contributed by atoms with Crippen molar-refractivity contribution in [1.29, 1.82) is 0 Å². The third-order valence-corrected chi connectivity index (χ3v) is 7.68. The average Bonchev–Trinajstić information content (AvgIpc) is 2.95. The predicted molar refractivity (Wildman–Crippen MR) is 131 cm³/mol. The molecule has 34 heavy (non-hydrogen) atoms. The Bertz CT molecular complexity index is 1160. The van der Waals surface area contributed by atoms with Crippen LogP contribution in [0.1, 0.15) is 31.4 Å². The van der Waals surface area contributed by atoms with Gasteiger partial charge in [0.05, 0.1) is 12.0 Å². The lowest BCUT2D eigenvalue weighted by molar-refractivity contribution is -0.133. The third kappa shape index (κ3) is 5.26. The summed E-state index contributed by atoms with van der Waals surface area (Å²) in [6.45, 7) is 7.66. The van der Waals surface area contributed by atoms with Crippen LogP contribution >= 0.6 is 0 Å². The van der Waals surface area contributed by atoms with Gasteiger partial charge in [-0.25, -0.2) is 8.42 Å². The lowest BCUT2D eigenvalue weighted by Gasteiger charge is -2.27. The van der Waals surface area contributed by atoms with Crippen LogP contribution in [0.15, 0.2) is 58.4 Å². The van der Waals surface area contributed by atoms with Gasteiger partial charge < -0.3 is 9.64 Å². The molecule has 2 aliphatic heterocycles. The monoisotopic (exact) mass is 484 g/mol. The van der Waals surface area contributed by atoms with E-state index >= 15 is 0 Å². The second-order valence-corrected chi connectivity index (χ2v) is 10.7. The van der Waals surface area contributed by atoms with E-state index < -0.39 is 16.1 Å². The van der Waals surface area contributed by atoms with E-state index in [0.29, 0.717) is 18.7 Å². The van der Waals surface area contributed by atoms with E-state index in [4.69, 9.17) is 4.74 Å². The molecule has 1 N–H and O–H groups in total. The predicted octanol–water partition coefficient (Wildman–Crippen LogP) is 2.49. The van der Waals surface area contributed by atoms with E-state index in [1.165, 1.54) is 5.56 Å². The van der Waals surface area contributed by atoms with E-state index in [2.05, 4.69) is 26.7 Å². The summed E-state index contributed by atoms with van der Waals surface area (Å²) in [6, 6.07) is 14.1. The Hall–Kier alpha value is -2.91. The summed E-state index contributed by atoms with van der Waals surface area (Å²) in [5.41, 5.74) is 1.72. The molecule has 8 nitrogen and oxygen atoms in total. The number of aliphatic imine (C=N–C) groups is 1. The number of amides is 1. The van der Waals surface area contributed by atoms with Gasteiger partial charge in [0.1, 0.15) is 17.6 Å². The minimum atomic E-state index is -3.64. The van der Waals surface area contributed by atoms with Gasteiger partial charge in [-0.1, -0.05) is 38.1 Å². The maximum absolute atomic E-state index is 13.5. The minimum absolute atomic E-state index is 0.0580. The summed E-state index contributed by atoms with van der Waals surface area (Å²) in [5.74, 6) is 0.955. The number of hydrogen-bond acceptors (Lipinski definition) is 6. The zero-order valence-electron chi connectivity index (χ0n) is 19.9. The first-order valence-electron chi connectivity index (χ1n) is 11.6. The molecule has 0 bridgehead atoms. The Morgan fingerprint density at radius 1 is 1.06 bits per heavy atom. The molecule has 4 rings (SSSR count). The van der Waals surface area contributed by atoms with Crippen LogP contribution in [0.2, 0.25) is 0 Å². The molecule has 1 saturated heterocycles. The molecule has 0 unspecified atom stereocenters. The normalized spacial score (nSPS) is 20.0. The molecule has 0 saturated carbocycles. The topological polar surface area (TPSA) is 91.3 Å². The lowest BCUT2D eigenvalue weighted by Crippen LogP contribution is -2.43. The lowest BCUT2D eigenvalue weighted by atomic mass is 10.0. The second-order valence-electron chi connectivity index (χ2n) is 9.07. The molecule has 0 aromatic heterocycles.